The van der Waals surface area contributed by atoms with Crippen LogP contribution in [0.4, 0.5) is 5.69 Å². The highest BCUT2D eigenvalue weighted by molar-refractivity contribution is 7.89. The van der Waals surface area contributed by atoms with E-state index in [1.807, 2.05) is 0 Å². The topological polar surface area (TPSA) is 115 Å². The number of nitrogens with two attached hydrogens (primary N) is 1. The summed E-state index contributed by atoms with van der Waals surface area (Å²) in [5.41, 5.74) is 6.81. The van der Waals surface area contributed by atoms with Gasteiger partial charge in [0.15, 0.2) is 4.90 Å². The van der Waals surface area contributed by atoms with Crippen molar-refractivity contribution in [2.24, 2.45) is 11.7 Å². The predicted molar refractivity (Wildman–Crippen MR) is 78.5 cm³/mol. The third-order valence-corrected chi connectivity index (χ3v) is 5.25. The average molecular weight is 313 g/mol. The maximum atomic E-state index is 12.3. The largest absolute Gasteiger partial charge is 0.326 e. The maximum absolute atomic E-state index is 12.3. The zero-order valence-electron chi connectivity index (χ0n) is 12.0. The zero-order chi connectivity index (χ0) is 15.8. The molecule has 0 aromatic heterocycles. The van der Waals surface area contributed by atoms with Crippen molar-refractivity contribution in [3.63, 3.8) is 0 Å². The van der Waals surface area contributed by atoms with Crippen LogP contribution in [-0.2, 0) is 10.0 Å². The minimum absolute atomic E-state index is 0.0943. The van der Waals surface area contributed by atoms with Crippen LogP contribution >= 0.6 is 0 Å². The summed E-state index contributed by atoms with van der Waals surface area (Å²) in [6.07, 6.45) is 2.01. The third kappa shape index (κ3) is 3.58. The molecule has 0 aliphatic heterocycles. The molecule has 8 heteroatoms. The molecular weight excluding hydrogens is 294 g/mol. The summed E-state index contributed by atoms with van der Waals surface area (Å²) >= 11 is 0. The van der Waals surface area contributed by atoms with E-state index in [-0.39, 0.29) is 17.5 Å². The average Bonchev–Trinajstić information content (AvgIpc) is 3.22. The highest BCUT2D eigenvalue weighted by Gasteiger charge is 2.31. The summed E-state index contributed by atoms with van der Waals surface area (Å²) < 4.78 is 27.0. The van der Waals surface area contributed by atoms with Crippen molar-refractivity contribution in [2.45, 2.75) is 37.6 Å². The molecule has 7 nitrogen and oxygen atoms in total. The van der Waals surface area contributed by atoms with Gasteiger partial charge in [0.2, 0.25) is 10.0 Å². The Labute approximate surface area is 123 Å². The molecule has 1 aromatic rings. The first-order valence-electron chi connectivity index (χ1n) is 6.73. The number of rotatable bonds is 6. The molecule has 1 aliphatic rings. The van der Waals surface area contributed by atoms with Crippen LogP contribution in [0.25, 0.3) is 0 Å². The molecule has 1 fully saturated rings. The van der Waals surface area contributed by atoms with Crippen molar-refractivity contribution < 1.29 is 13.3 Å². The van der Waals surface area contributed by atoms with E-state index >= 15 is 0 Å². The van der Waals surface area contributed by atoms with Gasteiger partial charge in [-0.1, -0.05) is 0 Å². The van der Waals surface area contributed by atoms with Crippen LogP contribution in [0, 0.1) is 29.9 Å². The summed E-state index contributed by atoms with van der Waals surface area (Å²) in [6, 6.07) is 2.37. The Morgan fingerprint density at radius 2 is 1.95 bits per heavy atom. The predicted octanol–water partition coefficient (Wildman–Crippen LogP) is 1.23. The molecular formula is C13H19N3O4S. The Morgan fingerprint density at radius 3 is 2.48 bits per heavy atom. The highest BCUT2D eigenvalue weighted by Crippen LogP contribution is 2.32. The van der Waals surface area contributed by atoms with Gasteiger partial charge >= 0.3 is 0 Å². The van der Waals surface area contributed by atoms with E-state index in [4.69, 9.17) is 5.73 Å². The van der Waals surface area contributed by atoms with Gasteiger partial charge in [0, 0.05) is 18.7 Å². The Kier molecular flexibility index (Phi) is 4.31. The van der Waals surface area contributed by atoms with Gasteiger partial charge in [-0.3, -0.25) is 10.1 Å². The quantitative estimate of drug-likeness (QED) is 0.605. The molecule has 2 rings (SSSR count). The summed E-state index contributed by atoms with van der Waals surface area (Å²) in [5, 5.41) is 11.1. The fourth-order valence-corrected chi connectivity index (χ4v) is 3.42. The molecule has 1 unspecified atom stereocenters. The molecule has 0 saturated heterocycles. The second-order valence-corrected chi connectivity index (χ2v) is 7.25. The molecule has 1 aromatic carbocycles. The van der Waals surface area contributed by atoms with E-state index in [2.05, 4.69) is 4.72 Å². The van der Waals surface area contributed by atoms with Crippen LogP contribution in [0.5, 0.6) is 0 Å². The first-order chi connectivity index (χ1) is 9.72. The Bertz CT molecular complexity index is 668. The van der Waals surface area contributed by atoms with Gasteiger partial charge in [-0.2, -0.15) is 0 Å². The minimum Gasteiger partial charge on any atom is -0.326 e. The Morgan fingerprint density at radius 1 is 1.38 bits per heavy atom. The molecule has 1 aliphatic carbocycles. The van der Waals surface area contributed by atoms with Crippen LogP contribution in [0.2, 0.25) is 0 Å². The van der Waals surface area contributed by atoms with Gasteiger partial charge in [0.05, 0.1) is 4.92 Å². The fourth-order valence-electron chi connectivity index (χ4n) is 2.11. The number of hydrogen-bond donors (Lipinski definition) is 2. The van der Waals surface area contributed by atoms with Gasteiger partial charge in [-0.15, -0.1) is 0 Å². The summed E-state index contributed by atoms with van der Waals surface area (Å²) in [4.78, 5) is 10.1. The van der Waals surface area contributed by atoms with Crippen LogP contribution in [0.15, 0.2) is 17.0 Å². The van der Waals surface area contributed by atoms with Crippen molar-refractivity contribution in [1.82, 2.24) is 4.72 Å². The number of aryl methyl sites for hydroxylation is 2. The molecule has 0 heterocycles. The lowest BCUT2D eigenvalue weighted by Gasteiger charge is -2.13. The van der Waals surface area contributed by atoms with Crippen molar-refractivity contribution in [1.29, 1.82) is 0 Å². The zero-order valence-corrected chi connectivity index (χ0v) is 12.8. The summed E-state index contributed by atoms with van der Waals surface area (Å²) in [5.74, 6) is 0.349. The van der Waals surface area contributed by atoms with E-state index in [1.54, 1.807) is 13.8 Å². The highest BCUT2D eigenvalue weighted by atomic mass is 32.2. The molecule has 0 spiro atoms. The van der Waals surface area contributed by atoms with Crippen LogP contribution < -0.4 is 10.5 Å². The van der Waals surface area contributed by atoms with Gasteiger partial charge in [-0.05, 0) is 49.8 Å². The number of benzene rings is 1. The van der Waals surface area contributed by atoms with E-state index in [1.165, 1.54) is 12.1 Å². The fraction of sp³-hybridized carbons (Fsp3) is 0.538. The van der Waals surface area contributed by atoms with E-state index < -0.39 is 20.6 Å². The molecule has 0 amide bonds. The number of sulfonamides is 1. The lowest BCUT2D eigenvalue weighted by Crippen LogP contribution is -2.38. The van der Waals surface area contributed by atoms with E-state index in [0.29, 0.717) is 17.0 Å². The number of nitrogens with zero attached hydrogens (tertiary/aromatic N) is 1. The van der Waals surface area contributed by atoms with Gasteiger partial charge in [0.1, 0.15) is 0 Å². The van der Waals surface area contributed by atoms with E-state index in [9.17, 15) is 18.5 Å². The molecule has 0 bridgehead atoms. The van der Waals surface area contributed by atoms with Crippen molar-refractivity contribution in [2.75, 3.05) is 6.54 Å². The summed E-state index contributed by atoms with van der Waals surface area (Å²) in [6.45, 7) is 3.51. The number of nitro groups is 1. The van der Waals surface area contributed by atoms with Crippen LogP contribution in [0.1, 0.15) is 24.0 Å². The van der Waals surface area contributed by atoms with Crippen LogP contribution in [0.3, 0.4) is 0 Å². The lowest BCUT2D eigenvalue weighted by atomic mass is 10.1. The number of nitrogens with one attached hydrogen (secondary N) is 1. The third-order valence-electron chi connectivity index (χ3n) is 3.80. The molecule has 1 atom stereocenters. The smallest absolute Gasteiger partial charge is 0.289 e. The molecule has 21 heavy (non-hydrogen) atoms. The Balaban J connectivity index is 2.29. The molecule has 116 valence electrons. The van der Waals surface area contributed by atoms with Crippen LogP contribution in [-0.4, -0.2) is 25.9 Å². The molecule has 0 radical (unpaired) electrons. The normalized spacial score (nSPS) is 16.7. The SMILES string of the molecule is Cc1cc([N+](=O)[O-])c(S(=O)(=O)NCC(N)C2CC2)cc1C. The standard InChI is InChI=1S/C13H19N3O4S/c1-8-5-12(16(17)18)13(6-9(8)2)21(19,20)15-7-11(14)10-3-4-10/h5-6,10-11,15H,3-4,7,14H2,1-2H3. The number of nitro benzene ring substituents is 1. The van der Waals surface area contributed by atoms with Crippen molar-refractivity contribution >= 4 is 15.7 Å². The molecule has 1 saturated carbocycles. The van der Waals surface area contributed by atoms with Crippen molar-refractivity contribution in [3.8, 4) is 0 Å². The van der Waals surface area contributed by atoms with Gasteiger partial charge in [0.25, 0.3) is 5.69 Å². The monoisotopic (exact) mass is 313 g/mol. The summed E-state index contributed by atoms with van der Waals surface area (Å²) in [7, 11) is -3.95. The molecule has 3 N–H and O–H groups in total. The van der Waals surface area contributed by atoms with Gasteiger partial charge in [-0.25, -0.2) is 13.1 Å². The first-order valence-corrected chi connectivity index (χ1v) is 8.21. The first kappa shape index (κ1) is 15.9. The van der Waals surface area contributed by atoms with E-state index in [0.717, 1.165) is 12.8 Å². The number of hydrogen-bond acceptors (Lipinski definition) is 5. The second kappa shape index (κ2) is 5.70. The van der Waals surface area contributed by atoms with Gasteiger partial charge < -0.3 is 5.73 Å². The minimum atomic E-state index is -3.95. The lowest BCUT2D eigenvalue weighted by molar-refractivity contribution is -0.387. The maximum Gasteiger partial charge on any atom is 0.289 e. The van der Waals surface area contributed by atoms with Crippen molar-refractivity contribution in [3.05, 3.63) is 33.4 Å². The second-order valence-electron chi connectivity index (χ2n) is 5.51. The Hall–Kier alpha value is -1.51.